The van der Waals surface area contributed by atoms with Gasteiger partial charge in [-0.3, -0.25) is 0 Å². The van der Waals surface area contributed by atoms with Gasteiger partial charge in [-0.15, -0.1) is 0 Å². The number of esters is 1. The lowest BCUT2D eigenvalue weighted by Gasteiger charge is -2.09. The molecule has 5 nitrogen and oxygen atoms in total. The lowest BCUT2D eigenvalue weighted by Crippen LogP contribution is -2.15. The second-order valence-corrected chi connectivity index (χ2v) is 4.96. The molecule has 110 valence electrons. The highest BCUT2D eigenvalue weighted by Crippen LogP contribution is 2.18. The summed E-state index contributed by atoms with van der Waals surface area (Å²) in [4.78, 5) is 15.2. The Morgan fingerprint density at radius 1 is 1.32 bits per heavy atom. The van der Waals surface area contributed by atoms with Crippen LogP contribution in [0.5, 0.6) is 0 Å². The third-order valence-corrected chi connectivity index (χ3v) is 3.43. The summed E-state index contributed by atoms with van der Waals surface area (Å²) in [5.74, 6) is -0.167. The van der Waals surface area contributed by atoms with Crippen LogP contribution in [0.2, 0.25) is 0 Å². The molecule has 3 rings (SSSR count). The van der Waals surface area contributed by atoms with Gasteiger partial charge in [-0.2, -0.15) is 5.26 Å². The van der Waals surface area contributed by atoms with Gasteiger partial charge in [0, 0.05) is 18.0 Å². The number of aromatic nitrogens is 1. The fraction of sp³-hybridized carbons (Fsp3) is 0.176. The number of furan rings is 1. The van der Waals surface area contributed by atoms with E-state index in [0.717, 1.165) is 10.9 Å². The maximum atomic E-state index is 12.2. The third kappa shape index (κ3) is 2.86. The molecule has 0 bridgehead atoms. The van der Waals surface area contributed by atoms with Gasteiger partial charge in [0.1, 0.15) is 12.4 Å². The van der Waals surface area contributed by atoms with Crippen molar-refractivity contribution in [2.45, 2.75) is 6.42 Å². The molecular formula is C17H14N2O3. The smallest absolute Gasteiger partial charge is 0.340 e. The Hall–Kier alpha value is -3.00. The Morgan fingerprint density at radius 2 is 2.23 bits per heavy atom. The second kappa shape index (κ2) is 6.19. The molecule has 0 fully saturated rings. The van der Waals surface area contributed by atoms with Crippen molar-refractivity contribution in [3.05, 3.63) is 60.2 Å². The van der Waals surface area contributed by atoms with Crippen LogP contribution in [0, 0.1) is 17.2 Å². The Kier molecular flexibility index (Phi) is 3.92. The molecule has 1 aromatic carbocycles. The number of hydrogen-bond donors (Lipinski definition) is 1. The minimum Gasteiger partial charge on any atom is -0.469 e. The summed E-state index contributed by atoms with van der Waals surface area (Å²) in [7, 11) is 0. The van der Waals surface area contributed by atoms with Crippen LogP contribution in [0.15, 0.2) is 53.3 Å². The molecule has 0 saturated heterocycles. The Bertz CT molecular complexity index is 812. The topological polar surface area (TPSA) is 79.0 Å². The highest BCUT2D eigenvalue weighted by Gasteiger charge is 2.16. The Morgan fingerprint density at radius 3 is 3.00 bits per heavy atom. The predicted octanol–water partition coefficient (Wildman–Crippen LogP) is 3.30. The number of nitrogens with one attached hydrogen (secondary N) is 1. The molecule has 2 aromatic heterocycles. The van der Waals surface area contributed by atoms with Crippen LogP contribution in [0.3, 0.4) is 0 Å². The van der Waals surface area contributed by atoms with E-state index >= 15 is 0 Å². The van der Waals surface area contributed by atoms with Gasteiger partial charge in [-0.25, -0.2) is 4.79 Å². The zero-order chi connectivity index (χ0) is 15.4. The van der Waals surface area contributed by atoms with Crippen LogP contribution in [-0.4, -0.2) is 17.6 Å². The van der Waals surface area contributed by atoms with E-state index in [9.17, 15) is 4.79 Å². The van der Waals surface area contributed by atoms with Crippen molar-refractivity contribution in [2.75, 3.05) is 6.61 Å². The number of nitrogens with zero attached hydrogens (tertiary/aromatic N) is 1. The summed E-state index contributed by atoms with van der Waals surface area (Å²) in [6, 6.07) is 13.0. The lowest BCUT2D eigenvalue weighted by atomic mass is 10.1. The Labute approximate surface area is 127 Å². The molecule has 5 heteroatoms. The SMILES string of the molecule is N#C[C@@H](COC(=O)c1cccc2cc[nH]c12)Cc1ccco1. The zero-order valence-electron chi connectivity index (χ0n) is 11.8. The van der Waals surface area contributed by atoms with Crippen molar-refractivity contribution in [2.24, 2.45) is 5.92 Å². The highest BCUT2D eigenvalue weighted by atomic mass is 16.5. The van der Waals surface area contributed by atoms with Crippen molar-refractivity contribution in [3.63, 3.8) is 0 Å². The number of ether oxygens (including phenoxy) is 1. The predicted molar refractivity (Wildman–Crippen MR) is 80.1 cm³/mol. The molecule has 0 unspecified atom stereocenters. The van der Waals surface area contributed by atoms with Crippen LogP contribution in [-0.2, 0) is 11.2 Å². The van der Waals surface area contributed by atoms with Crippen molar-refractivity contribution >= 4 is 16.9 Å². The first-order valence-electron chi connectivity index (χ1n) is 6.93. The van der Waals surface area contributed by atoms with Crippen molar-refractivity contribution in [3.8, 4) is 6.07 Å². The van der Waals surface area contributed by atoms with Crippen LogP contribution in [0.4, 0.5) is 0 Å². The molecule has 1 N–H and O–H groups in total. The summed E-state index contributed by atoms with van der Waals surface area (Å²) in [6.07, 6.45) is 3.75. The fourth-order valence-corrected chi connectivity index (χ4v) is 2.32. The first-order chi connectivity index (χ1) is 10.8. The average molecular weight is 294 g/mol. The van der Waals surface area contributed by atoms with Crippen molar-refractivity contribution < 1.29 is 13.9 Å². The molecule has 0 radical (unpaired) electrons. The maximum absolute atomic E-state index is 12.2. The van der Waals surface area contributed by atoms with Crippen LogP contribution in [0.1, 0.15) is 16.1 Å². The fourth-order valence-electron chi connectivity index (χ4n) is 2.32. The minimum atomic E-state index is -0.437. The molecule has 1 atom stereocenters. The van der Waals surface area contributed by atoms with E-state index in [1.165, 1.54) is 0 Å². The van der Waals surface area contributed by atoms with Crippen molar-refractivity contribution in [1.29, 1.82) is 5.26 Å². The summed E-state index contributed by atoms with van der Waals surface area (Å²) in [6.45, 7) is 0.0349. The summed E-state index contributed by atoms with van der Waals surface area (Å²) >= 11 is 0. The quantitative estimate of drug-likeness (QED) is 0.732. The number of aromatic amines is 1. The standard InChI is InChI=1S/C17H14N2O3/c18-10-12(9-14-4-2-8-21-14)11-22-17(20)15-5-1-3-13-6-7-19-16(13)15/h1-8,12,19H,9,11H2/t12-/m0/s1. The molecule has 0 aliphatic rings. The van der Waals surface area contributed by atoms with Crippen molar-refractivity contribution in [1.82, 2.24) is 4.98 Å². The zero-order valence-corrected chi connectivity index (χ0v) is 11.8. The molecule has 22 heavy (non-hydrogen) atoms. The summed E-state index contributed by atoms with van der Waals surface area (Å²) in [5.41, 5.74) is 1.21. The van der Waals surface area contributed by atoms with E-state index in [2.05, 4.69) is 11.1 Å². The molecule has 2 heterocycles. The monoisotopic (exact) mass is 294 g/mol. The van der Waals surface area contributed by atoms with E-state index in [-0.39, 0.29) is 6.61 Å². The van der Waals surface area contributed by atoms with E-state index in [4.69, 9.17) is 14.4 Å². The number of nitriles is 1. The van der Waals surface area contributed by atoms with Gasteiger partial charge in [0.05, 0.1) is 29.3 Å². The normalized spacial score (nSPS) is 12.0. The first kappa shape index (κ1) is 14.0. The number of carbonyl (C=O) groups excluding carboxylic acids is 1. The number of para-hydroxylation sites is 1. The van der Waals surface area contributed by atoms with Crippen LogP contribution in [0.25, 0.3) is 10.9 Å². The lowest BCUT2D eigenvalue weighted by molar-refractivity contribution is 0.0468. The largest absolute Gasteiger partial charge is 0.469 e. The van der Waals surface area contributed by atoms with Gasteiger partial charge >= 0.3 is 5.97 Å². The molecule has 3 aromatic rings. The van der Waals surface area contributed by atoms with Crippen LogP contribution < -0.4 is 0 Å². The van der Waals surface area contributed by atoms with Crippen LogP contribution >= 0.6 is 0 Å². The number of fused-ring (bicyclic) bond motifs is 1. The molecular weight excluding hydrogens is 280 g/mol. The average Bonchev–Trinajstić information content (AvgIpc) is 3.21. The molecule has 0 amide bonds. The number of benzene rings is 1. The van der Waals surface area contributed by atoms with Gasteiger partial charge in [0.25, 0.3) is 0 Å². The summed E-state index contributed by atoms with van der Waals surface area (Å²) in [5, 5.41) is 10.1. The van der Waals surface area contributed by atoms with Gasteiger partial charge in [0.2, 0.25) is 0 Å². The molecule has 0 aliphatic heterocycles. The minimum absolute atomic E-state index is 0.0349. The molecule has 0 saturated carbocycles. The van der Waals surface area contributed by atoms with Gasteiger partial charge < -0.3 is 14.1 Å². The first-order valence-corrected chi connectivity index (χ1v) is 6.93. The van der Waals surface area contributed by atoms with E-state index in [1.807, 2.05) is 12.1 Å². The number of rotatable bonds is 5. The molecule has 0 spiro atoms. The van der Waals surface area contributed by atoms with Gasteiger partial charge in [-0.05, 0) is 24.3 Å². The van der Waals surface area contributed by atoms with E-state index < -0.39 is 11.9 Å². The van der Waals surface area contributed by atoms with Gasteiger partial charge in [-0.1, -0.05) is 12.1 Å². The number of hydrogen-bond acceptors (Lipinski definition) is 4. The van der Waals surface area contributed by atoms with Gasteiger partial charge in [0.15, 0.2) is 0 Å². The second-order valence-electron chi connectivity index (χ2n) is 4.96. The molecule has 0 aliphatic carbocycles. The van der Waals surface area contributed by atoms with E-state index in [0.29, 0.717) is 17.7 Å². The summed E-state index contributed by atoms with van der Waals surface area (Å²) < 4.78 is 10.5. The maximum Gasteiger partial charge on any atom is 0.340 e. The number of H-pyrrole nitrogens is 1. The van der Waals surface area contributed by atoms with E-state index in [1.54, 1.807) is 36.7 Å². The third-order valence-electron chi connectivity index (χ3n) is 3.43. The number of carbonyl (C=O) groups is 1. The highest BCUT2D eigenvalue weighted by molar-refractivity contribution is 6.02. The Balaban J connectivity index is 1.66.